The van der Waals surface area contributed by atoms with E-state index in [0.29, 0.717) is 0 Å². The Morgan fingerprint density at radius 1 is 1.29 bits per heavy atom. The lowest BCUT2D eigenvalue weighted by Crippen LogP contribution is -2.49. The molecule has 0 saturated heterocycles. The summed E-state index contributed by atoms with van der Waals surface area (Å²) in [6.07, 6.45) is 12.2. The van der Waals surface area contributed by atoms with Gasteiger partial charge in [0.25, 0.3) is 0 Å². The number of aromatic nitrogens is 1. The van der Waals surface area contributed by atoms with E-state index >= 15 is 0 Å². The number of allylic oxidation sites excluding steroid dienone is 1. The van der Waals surface area contributed by atoms with Crippen molar-refractivity contribution in [3.05, 3.63) is 39.9 Å². The second-order valence-corrected chi connectivity index (χ2v) is 3.38. The lowest BCUT2D eigenvalue weighted by molar-refractivity contribution is 1.06. The molecule has 1 aromatic rings. The average Bonchev–Trinajstić information content (AvgIpc) is 2.23. The van der Waals surface area contributed by atoms with Gasteiger partial charge < -0.3 is 0 Å². The van der Waals surface area contributed by atoms with E-state index < -0.39 is 0 Å². The van der Waals surface area contributed by atoms with Gasteiger partial charge in [-0.15, -0.1) is 0 Å². The van der Waals surface area contributed by atoms with Crippen LogP contribution in [0.15, 0.2) is 18.9 Å². The summed E-state index contributed by atoms with van der Waals surface area (Å²) in [5.41, 5.74) is 0. The highest BCUT2D eigenvalue weighted by molar-refractivity contribution is 5.42. The number of hydrogen-bond donors (Lipinski definition) is 0. The first-order chi connectivity index (χ1) is 6.83. The molecule has 1 aliphatic rings. The maximum atomic E-state index is 4.36. The molecule has 0 radical (unpaired) electrons. The third kappa shape index (κ3) is 1.41. The van der Waals surface area contributed by atoms with Crippen LogP contribution in [0.25, 0.3) is 24.8 Å². The van der Waals surface area contributed by atoms with Gasteiger partial charge in [0, 0.05) is 11.4 Å². The van der Waals surface area contributed by atoms with E-state index in [2.05, 4.69) is 30.3 Å². The van der Waals surface area contributed by atoms with Crippen molar-refractivity contribution in [2.45, 2.75) is 12.8 Å². The fourth-order valence-electron chi connectivity index (χ4n) is 1.74. The Labute approximate surface area is 83.1 Å². The fraction of sp³-hybridized carbons (Fsp3) is 0.154. The molecule has 1 heteroatoms. The number of pyridine rings is 1. The summed E-state index contributed by atoms with van der Waals surface area (Å²) in [5, 5.41) is 4.41. The number of nitrogens with zero attached hydrogens (tertiary/aromatic N) is 1. The van der Waals surface area contributed by atoms with Crippen molar-refractivity contribution >= 4 is 24.8 Å². The van der Waals surface area contributed by atoms with E-state index in [9.17, 15) is 0 Å². The Bertz CT molecular complexity index is 579. The predicted molar refractivity (Wildman–Crippen MR) is 61.1 cm³/mol. The molecule has 0 bridgehead atoms. The summed E-state index contributed by atoms with van der Waals surface area (Å²) < 4.78 is 0. The molecular formula is C13H13N. The molecule has 0 aromatic carbocycles. The minimum Gasteiger partial charge on any atom is -0.256 e. The zero-order valence-corrected chi connectivity index (χ0v) is 8.16. The number of rotatable bonds is 1. The van der Waals surface area contributed by atoms with Gasteiger partial charge in [-0.1, -0.05) is 37.5 Å². The molecule has 2 rings (SSSR count). The monoisotopic (exact) mass is 183 g/mol. The fourth-order valence-corrected chi connectivity index (χ4v) is 1.74. The Kier molecular flexibility index (Phi) is 2.32. The van der Waals surface area contributed by atoms with Crippen molar-refractivity contribution in [3.63, 3.8) is 0 Å². The third-order valence-corrected chi connectivity index (χ3v) is 2.41. The largest absolute Gasteiger partial charge is 0.256 e. The smallest absolute Gasteiger partial charge is 0.0665 e. The van der Waals surface area contributed by atoms with Crippen LogP contribution in [-0.2, 0) is 0 Å². The molecule has 0 aliphatic heterocycles. The molecule has 14 heavy (non-hydrogen) atoms. The van der Waals surface area contributed by atoms with E-state index in [1.54, 1.807) is 6.08 Å². The van der Waals surface area contributed by atoms with Gasteiger partial charge in [-0.05, 0) is 23.3 Å². The standard InChI is InChI=1S/C13H13N/c1-3-6-11-10(2)9-14-13-8-5-4-7-12(11)13/h3,6-9H,1-2,4-5H2/b11-6+. The summed E-state index contributed by atoms with van der Waals surface area (Å²) in [7, 11) is 0. The highest BCUT2D eigenvalue weighted by Gasteiger charge is 1.95. The first kappa shape index (κ1) is 8.95. The van der Waals surface area contributed by atoms with E-state index in [4.69, 9.17) is 0 Å². The van der Waals surface area contributed by atoms with Crippen molar-refractivity contribution in [1.29, 1.82) is 0 Å². The summed E-state index contributed by atoms with van der Waals surface area (Å²) >= 11 is 0. The SMILES string of the molecule is C=C/C=c1\c(=C)cnc2c1=CCCC=2. The van der Waals surface area contributed by atoms with Crippen molar-refractivity contribution in [1.82, 2.24) is 4.98 Å². The molecule has 0 amide bonds. The Hall–Kier alpha value is -1.63. The number of fused-ring (bicyclic) bond motifs is 1. The summed E-state index contributed by atoms with van der Waals surface area (Å²) in [6.45, 7) is 7.69. The molecule has 70 valence electrons. The molecule has 0 saturated carbocycles. The van der Waals surface area contributed by atoms with Gasteiger partial charge in [0.15, 0.2) is 0 Å². The maximum Gasteiger partial charge on any atom is 0.0665 e. The van der Waals surface area contributed by atoms with Gasteiger partial charge in [0.1, 0.15) is 0 Å². The molecule has 0 unspecified atom stereocenters. The van der Waals surface area contributed by atoms with Crippen LogP contribution in [-0.4, -0.2) is 4.98 Å². The van der Waals surface area contributed by atoms with E-state index in [0.717, 1.165) is 28.6 Å². The second kappa shape index (κ2) is 3.62. The predicted octanol–water partition coefficient (Wildman–Crippen LogP) is -0.187. The summed E-state index contributed by atoms with van der Waals surface area (Å²) in [4.78, 5) is 4.36. The molecule has 1 heterocycles. The zero-order valence-electron chi connectivity index (χ0n) is 8.16. The minimum atomic E-state index is 0.968. The van der Waals surface area contributed by atoms with E-state index in [1.807, 2.05) is 12.3 Å². The third-order valence-electron chi connectivity index (χ3n) is 2.41. The Morgan fingerprint density at radius 2 is 2.07 bits per heavy atom. The first-order valence-corrected chi connectivity index (χ1v) is 4.80. The normalized spacial score (nSPS) is 15.3. The summed E-state index contributed by atoms with van der Waals surface area (Å²) in [6, 6.07) is 0. The van der Waals surface area contributed by atoms with Crippen LogP contribution in [0.3, 0.4) is 0 Å². The van der Waals surface area contributed by atoms with Crippen LogP contribution in [0, 0.1) is 0 Å². The molecule has 0 spiro atoms. The Morgan fingerprint density at radius 3 is 2.86 bits per heavy atom. The van der Waals surface area contributed by atoms with Crippen LogP contribution in [0.4, 0.5) is 0 Å². The van der Waals surface area contributed by atoms with Crippen LogP contribution in [0.2, 0.25) is 0 Å². The van der Waals surface area contributed by atoms with E-state index in [-0.39, 0.29) is 0 Å². The van der Waals surface area contributed by atoms with Crippen molar-refractivity contribution in [2.75, 3.05) is 0 Å². The van der Waals surface area contributed by atoms with Crippen LogP contribution < -0.4 is 21.0 Å². The van der Waals surface area contributed by atoms with Crippen molar-refractivity contribution in [2.24, 2.45) is 0 Å². The highest BCUT2D eigenvalue weighted by atomic mass is 14.6. The van der Waals surface area contributed by atoms with Gasteiger partial charge >= 0.3 is 0 Å². The van der Waals surface area contributed by atoms with Crippen LogP contribution in [0.5, 0.6) is 0 Å². The van der Waals surface area contributed by atoms with Gasteiger partial charge in [0.05, 0.1) is 5.35 Å². The maximum absolute atomic E-state index is 4.36. The van der Waals surface area contributed by atoms with Crippen molar-refractivity contribution in [3.8, 4) is 0 Å². The quantitative estimate of drug-likeness (QED) is 0.588. The molecule has 1 aliphatic carbocycles. The second-order valence-electron chi connectivity index (χ2n) is 3.38. The average molecular weight is 183 g/mol. The van der Waals surface area contributed by atoms with Gasteiger partial charge in [0.2, 0.25) is 0 Å². The lowest BCUT2D eigenvalue weighted by Gasteiger charge is -1.99. The van der Waals surface area contributed by atoms with Crippen LogP contribution >= 0.6 is 0 Å². The number of hydrogen-bond acceptors (Lipinski definition) is 1. The highest BCUT2D eigenvalue weighted by Crippen LogP contribution is 1.91. The Balaban J connectivity index is 3.04. The molecule has 0 fully saturated rings. The van der Waals surface area contributed by atoms with Crippen LogP contribution in [0.1, 0.15) is 12.8 Å². The minimum absolute atomic E-state index is 0.968. The first-order valence-electron chi connectivity index (χ1n) is 4.80. The van der Waals surface area contributed by atoms with Gasteiger partial charge in [-0.2, -0.15) is 0 Å². The molecule has 1 aromatic heterocycles. The van der Waals surface area contributed by atoms with E-state index in [1.165, 1.54) is 5.22 Å². The van der Waals surface area contributed by atoms with Crippen molar-refractivity contribution < 1.29 is 0 Å². The molecule has 0 N–H and O–H groups in total. The molecule has 1 nitrogen and oxygen atoms in total. The lowest BCUT2D eigenvalue weighted by atomic mass is 10.1. The topological polar surface area (TPSA) is 12.9 Å². The molecule has 0 atom stereocenters. The molecular weight excluding hydrogens is 170 g/mol. The summed E-state index contributed by atoms with van der Waals surface area (Å²) in [5.74, 6) is 0. The van der Waals surface area contributed by atoms with Gasteiger partial charge in [-0.3, -0.25) is 4.98 Å². The van der Waals surface area contributed by atoms with Gasteiger partial charge in [-0.25, -0.2) is 0 Å². The zero-order chi connectivity index (χ0) is 9.97.